The number of carbonyl (C=O) groups excluding carboxylic acids is 1. The van der Waals surface area contributed by atoms with Gasteiger partial charge in [0.25, 0.3) is 5.91 Å². The zero-order valence-corrected chi connectivity index (χ0v) is 23.4. The van der Waals surface area contributed by atoms with Crippen LogP contribution in [0.4, 0.5) is 18.9 Å². The minimum absolute atomic E-state index is 0.101. The van der Waals surface area contributed by atoms with Crippen LogP contribution in [0.1, 0.15) is 46.8 Å². The molecule has 3 aromatic carbocycles. The lowest BCUT2D eigenvalue weighted by Gasteiger charge is -2.22. The molecule has 216 valence electrons. The summed E-state index contributed by atoms with van der Waals surface area (Å²) in [6.07, 6.45) is 0.977. The van der Waals surface area contributed by atoms with Gasteiger partial charge in [-0.3, -0.25) is 4.79 Å². The number of nitrogens with one attached hydrogen (secondary N) is 1. The smallest absolute Gasteiger partial charge is 0.387 e. The summed E-state index contributed by atoms with van der Waals surface area (Å²) in [5.74, 6) is -1.69. The quantitative estimate of drug-likeness (QED) is 0.208. The maximum Gasteiger partial charge on any atom is 0.387 e. The number of benzene rings is 3. The molecule has 4 rings (SSSR count). The van der Waals surface area contributed by atoms with E-state index in [9.17, 15) is 26.4 Å². The molecule has 1 aromatic heterocycles. The molecule has 0 fully saturated rings. The van der Waals surface area contributed by atoms with Gasteiger partial charge < -0.3 is 19.4 Å². The lowest BCUT2D eigenvalue weighted by molar-refractivity contribution is -0.0500. The molecule has 7 nitrogen and oxygen atoms in total. The summed E-state index contributed by atoms with van der Waals surface area (Å²) in [5, 5.41) is 2.74. The van der Waals surface area contributed by atoms with Crippen molar-refractivity contribution in [1.82, 2.24) is 4.57 Å². The molecule has 0 aliphatic carbocycles. The third-order valence-electron chi connectivity index (χ3n) is 6.43. The molecule has 41 heavy (non-hydrogen) atoms. The van der Waals surface area contributed by atoms with Crippen molar-refractivity contribution in [1.29, 1.82) is 0 Å². The molecule has 0 aliphatic rings. The maximum atomic E-state index is 14.1. The molecule has 1 heterocycles. The molecule has 1 N–H and O–H groups in total. The van der Waals surface area contributed by atoms with Crippen molar-refractivity contribution in [2.75, 3.05) is 11.6 Å². The molecule has 11 heteroatoms. The fourth-order valence-corrected chi connectivity index (χ4v) is 5.08. The molecule has 4 aromatic rings. The maximum absolute atomic E-state index is 14.1. The highest BCUT2D eigenvalue weighted by Crippen LogP contribution is 2.35. The lowest BCUT2D eigenvalue weighted by atomic mass is 10.1. The van der Waals surface area contributed by atoms with Gasteiger partial charge in [0, 0.05) is 23.7 Å². The predicted molar refractivity (Wildman–Crippen MR) is 149 cm³/mol. The number of rotatable bonds is 11. The number of anilines is 1. The molecule has 1 atom stereocenters. The van der Waals surface area contributed by atoms with Gasteiger partial charge in [0.05, 0.1) is 34.6 Å². The van der Waals surface area contributed by atoms with Crippen LogP contribution in [-0.2, 0) is 21.2 Å². The number of hydrogen-bond donors (Lipinski definition) is 1. The summed E-state index contributed by atoms with van der Waals surface area (Å²) >= 11 is 0. The minimum Gasteiger partial charge on any atom is -0.432 e. The Kier molecular flexibility index (Phi) is 9.19. The predicted octanol–water partition coefficient (Wildman–Crippen LogP) is 6.85. The number of amides is 1. The number of halogens is 3. The molecule has 1 unspecified atom stereocenters. The average molecular weight is 587 g/mol. The highest BCUT2D eigenvalue weighted by Gasteiger charge is 2.26. The normalized spacial score (nSPS) is 12.4. The Bertz CT molecular complexity index is 1620. The first kappa shape index (κ1) is 29.9. The Morgan fingerprint density at radius 3 is 2.29 bits per heavy atom. The fraction of sp³-hybridized carbons (Fsp3) is 0.233. The van der Waals surface area contributed by atoms with Gasteiger partial charge in [-0.15, -0.1) is 0 Å². The van der Waals surface area contributed by atoms with E-state index in [1.165, 1.54) is 30.3 Å². The molecule has 0 spiro atoms. The van der Waals surface area contributed by atoms with E-state index in [2.05, 4.69) is 10.1 Å². The second-order valence-electron chi connectivity index (χ2n) is 9.34. The lowest BCUT2D eigenvalue weighted by Crippen LogP contribution is -2.14. The van der Waals surface area contributed by atoms with Crippen LogP contribution in [0.25, 0.3) is 5.69 Å². The van der Waals surface area contributed by atoms with Gasteiger partial charge in [-0.2, -0.15) is 8.78 Å². The van der Waals surface area contributed by atoms with Crippen LogP contribution in [-0.4, -0.2) is 31.8 Å². The topological polar surface area (TPSA) is 86.6 Å². The number of alkyl halides is 2. The van der Waals surface area contributed by atoms with Crippen LogP contribution in [0.2, 0.25) is 0 Å². The number of carbonyl (C=O) groups is 1. The SMILES string of the molecule is CCC(OCc1ccccc1)c1cc(C(=O)Nc2ccc(S(C)(=O)=O)cc2)c(C)n1-c1ccc(F)cc1OC(F)F. The van der Waals surface area contributed by atoms with Gasteiger partial charge >= 0.3 is 6.61 Å². The van der Waals surface area contributed by atoms with Crippen molar-refractivity contribution in [3.8, 4) is 11.4 Å². The minimum atomic E-state index is -3.42. The van der Waals surface area contributed by atoms with Gasteiger partial charge in [0.2, 0.25) is 0 Å². The summed E-state index contributed by atoms with van der Waals surface area (Å²) in [4.78, 5) is 13.5. The summed E-state index contributed by atoms with van der Waals surface area (Å²) in [5.41, 5.74) is 2.44. The highest BCUT2D eigenvalue weighted by molar-refractivity contribution is 7.90. The number of hydrogen-bond acceptors (Lipinski definition) is 5. The third kappa shape index (κ3) is 7.17. The van der Waals surface area contributed by atoms with E-state index < -0.39 is 40.0 Å². The summed E-state index contributed by atoms with van der Waals surface area (Å²) in [6, 6.07) is 20.0. The van der Waals surface area contributed by atoms with Gasteiger partial charge in [-0.1, -0.05) is 37.3 Å². The van der Waals surface area contributed by atoms with E-state index in [-0.39, 0.29) is 22.8 Å². The van der Waals surface area contributed by atoms with Gasteiger partial charge in [0.1, 0.15) is 5.82 Å². The highest BCUT2D eigenvalue weighted by atomic mass is 32.2. The second kappa shape index (κ2) is 12.6. The van der Waals surface area contributed by atoms with Crippen molar-refractivity contribution in [3.63, 3.8) is 0 Å². The van der Waals surface area contributed by atoms with E-state index in [1.54, 1.807) is 17.6 Å². The first-order valence-corrected chi connectivity index (χ1v) is 14.6. The molecule has 0 saturated heterocycles. The number of nitrogens with zero attached hydrogens (tertiary/aromatic N) is 1. The summed E-state index contributed by atoms with van der Waals surface area (Å²) in [7, 11) is -3.42. The van der Waals surface area contributed by atoms with Crippen LogP contribution in [0, 0.1) is 12.7 Å². The molecule has 0 aliphatic heterocycles. The van der Waals surface area contributed by atoms with Crippen LogP contribution >= 0.6 is 0 Å². The molecule has 0 bridgehead atoms. The van der Waals surface area contributed by atoms with Crippen molar-refractivity contribution in [2.45, 2.75) is 44.5 Å². The van der Waals surface area contributed by atoms with Gasteiger partial charge in [-0.25, -0.2) is 12.8 Å². The van der Waals surface area contributed by atoms with Gasteiger partial charge in [-0.05, 0) is 61.4 Å². The van der Waals surface area contributed by atoms with E-state index >= 15 is 0 Å². The Morgan fingerprint density at radius 1 is 1.00 bits per heavy atom. The third-order valence-corrected chi connectivity index (χ3v) is 7.56. The zero-order chi connectivity index (χ0) is 29.7. The Hall–Kier alpha value is -4.09. The monoisotopic (exact) mass is 586 g/mol. The molecular formula is C30H29F3N2O5S. The van der Waals surface area contributed by atoms with E-state index in [0.717, 1.165) is 24.0 Å². The standard InChI is InChI=1S/C30H29F3N2O5S/c1-4-27(39-18-20-8-6-5-7-9-20)26-17-24(29(36)34-22-11-13-23(14-12-22)41(3,37)38)19(2)35(26)25-15-10-21(31)16-28(25)40-30(32)33/h5-17,27,30H,4,18H2,1-3H3,(H,34,36). The zero-order valence-electron chi connectivity index (χ0n) is 22.6. The van der Waals surface area contributed by atoms with E-state index in [1.807, 2.05) is 37.3 Å². The van der Waals surface area contributed by atoms with Crippen molar-refractivity contribution >= 4 is 21.4 Å². The first-order valence-electron chi connectivity index (χ1n) is 12.7. The second-order valence-corrected chi connectivity index (χ2v) is 11.4. The average Bonchev–Trinajstić information content (AvgIpc) is 3.26. The first-order chi connectivity index (χ1) is 19.5. The number of ether oxygens (including phenoxy) is 2. The Balaban J connectivity index is 1.77. The molecular weight excluding hydrogens is 557 g/mol. The molecule has 1 amide bonds. The van der Waals surface area contributed by atoms with Crippen molar-refractivity contribution in [3.05, 3.63) is 107 Å². The Labute approximate surface area is 236 Å². The van der Waals surface area contributed by atoms with Gasteiger partial charge in [0.15, 0.2) is 15.6 Å². The summed E-state index contributed by atoms with van der Waals surface area (Å²) in [6.45, 7) is 0.558. The fourth-order valence-electron chi connectivity index (χ4n) is 4.45. The largest absolute Gasteiger partial charge is 0.432 e. The van der Waals surface area contributed by atoms with Crippen molar-refractivity contribution in [2.24, 2.45) is 0 Å². The van der Waals surface area contributed by atoms with Crippen LogP contribution in [0.5, 0.6) is 5.75 Å². The van der Waals surface area contributed by atoms with Crippen molar-refractivity contribution < 1.29 is 35.9 Å². The Morgan fingerprint density at radius 2 is 1.68 bits per heavy atom. The molecule has 0 radical (unpaired) electrons. The number of aromatic nitrogens is 1. The van der Waals surface area contributed by atoms with E-state index in [4.69, 9.17) is 4.74 Å². The van der Waals surface area contributed by atoms with Crippen LogP contribution in [0.3, 0.4) is 0 Å². The number of sulfone groups is 1. The summed E-state index contributed by atoms with van der Waals surface area (Å²) < 4.78 is 76.6. The van der Waals surface area contributed by atoms with Crippen LogP contribution in [0.15, 0.2) is 83.8 Å². The van der Waals surface area contributed by atoms with Crippen LogP contribution < -0.4 is 10.1 Å². The van der Waals surface area contributed by atoms with E-state index in [0.29, 0.717) is 23.5 Å². The molecule has 0 saturated carbocycles.